The summed E-state index contributed by atoms with van der Waals surface area (Å²) in [6, 6.07) is 36.5. The molecule has 5 aromatic carbocycles. The van der Waals surface area contributed by atoms with Crippen molar-refractivity contribution in [2.45, 2.75) is 0 Å². The lowest BCUT2D eigenvalue weighted by atomic mass is 10.0. The van der Waals surface area contributed by atoms with Crippen LogP contribution in [0.4, 0.5) is 17.1 Å². The van der Waals surface area contributed by atoms with Crippen LogP contribution >= 0.6 is 0 Å². The van der Waals surface area contributed by atoms with Gasteiger partial charge in [0.2, 0.25) is 0 Å². The van der Waals surface area contributed by atoms with E-state index in [4.69, 9.17) is 14.1 Å². The average molecular weight is 428 g/mol. The van der Waals surface area contributed by atoms with Crippen molar-refractivity contribution in [3.8, 4) is 5.75 Å². The zero-order valence-electron chi connectivity index (χ0n) is 17.7. The van der Waals surface area contributed by atoms with Crippen molar-refractivity contribution < 1.29 is 14.1 Å². The van der Waals surface area contributed by atoms with Crippen molar-refractivity contribution in [3.63, 3.8) is 0 Å². The third-order valence-corrected chi connectivity index (χ3v) is 5.88. The van der Waals surface area contributed by atoms with Crippen molar-refractivity contribution in [3.05, 3.63) is 109 Å². The molecule has 0 amide bonds. The molecule has 157 valence electrons. The molecule has 0 aliphatic carbocycles. The maximum Gasteiger partial charge on any atom is 0.569 e. The predicted molar refractivity (Wildman–Crippen MR) is 135 cm³/mol. The van der Waals surface area contributed by atoms with Crippen LogP contribution in [0.25, 0.3) is 32.7 Å². The zero-order chi connectivity index (χ0) is 22.2. The minimum atomic E-state index is 0.548. The number of anilines is 3. The van der Waals surface area contributed by atoms with Gasteiger partial charge in [0, 0.05) is 40.0 Å². The fourth-order valence-electron chi connectivity index (χ4n) is 4.46. The van der Waals surface area contributed by atoms with Gasteiger partial charge in [-0.25, -0.2) is 0 Å². The van der Waals surface area contributed by atoms with Gasteiger partial charge in [-0.05, 0) is 53.2 Å². The number of fused-ring (bicyclic) bond motifs is 5. The molecule has 6 aromatic rings. The molecular formula is C28H19BNO3. The first kappa shape index (κ1) is 19.5. The Hall–Kier alpha value is -4.22. The van der Waals surface area contributed by atoms with Crippen LogP contribution < -0.4 is 9.55 Å². The lowest BCUT2D eigenvalue weighted by Crippen LogP contribution is -2.10. The van der Waals surface area contributed by atoms with Gasteiger partial charge in [-0.1, -0.05) is 54.6 Å². The predicted octanol–water partition coefficient (Wildman–Crippen LogP) is 7.11. The molecule has 33 heavy (non-hydrogen) atoms. The number of para-hydroxylation sites is 1. The number of nitrogens with zero attached hydrogens (tertiary/aromatic N) is 1. The van der Waals surface area contributed by atoms with Crippen molar-refractivity contribution in [2.24, 2.45) is 0 Å². The summed E-state index contributed by atoms with van der Waals surface area (Å²) in [5.41, 5.74) is 4.57. The van der Waals surface area contributed by atoms with Gasteiger partial charge in [0.1, 0.15) is 16.9 Å². The standard InChI is InChI=1S/C28H19BNO3/c31-29-33-23-11-6-10-21(17-23)30(20-8-2-1-3-9-20)22-14-15-25-27(18-22)32-26-16-13-19-7-4-5-12-24(19)28(25)26/h1-18,31H. The van der Waals surface area contributed by atoms with E-state index in [2.05, 4.69) is 65.6 Å². The molecule has 1 aromatic heterocycles. The van der Waals surface area contributed by atoms with Crippen LogP contribution in [-0.2, 0) is 0 Å². The first-order chi connectivity index (χ1) is 16.3. The molecule has 0 unspecified atom stereocenters. The fraction of sp³-hybridized carbons (Fsp3) is 0. The smallest absolute Gasteiger partial charge is 0.537 e. The van der Waals surface area contributed by atoms with E-state index >= 15 is 0 Å². The Kier molecular flexibility index (Phi) is 4.74. The van der Waals surface area contributed by atoms with Crippen molar-refractivity contribution >= 4 is 57.5 Å². The summed E-state index contributed by atoms with van der Waals surface area (Å²) in [6.45, 7) is 0. The molecule has 0 aliphatic rings. The molecule has 6 rings (SSSR count). The SMILES string of the molecule is O[B]Oc1cccc(N(c2ccccc2)c2ccc3c(c2)oc2ccc4ccccc4c23)c1. The summed E-state index contributed by atoms with van der Waals surface area (Å²) < 4.78 is 11.5. The molecule has 0 fully saturated rings. The molecule has 1 heterocycles. The maximum absolute atomic E-state index is 9.07. The van der Waals surface area contributed by atoms with Gasteiger partial charge >= 0.3 is 7.69 Å². The van der Waals surface area contributed by atoms with E-state index in [1.807, 2.05) is 42.5 Å². The Bertz CT molecular complexity index is 1590. The topological polar surface area (TPSA) is 45.8 Å². The summed E-state index contributed by atoms with van der Waals surface area (Å²) in [4.78, 5) is 2.13. The third kappa shape index (κ3) is 3.39. The lowest BCUT2D eigenvalue weighted by Gasteiger charge is -2.25. The Morgan fingerprint density at radius 1 is 0.636 bits per heavy atom. The van der Waals surface area contributed by atoms with Gasteiger partial charge in [0.25, 0.3) is 0 Å². The Labute approximate surface area is 191 Å². The van der Waals surface area contributed by atoms with E-state index in [9.17, 15) is 0 Å². The minimum absolute atomic E-state index is 0.548. The number of benzene rings is 5. The quantitative estimate of drug-likeness (QED) is 0.297. The Morgan fingerprint density at radius 3 is 2.30 bits per heavy atom. The van der Waals surface area contributed by atoms with E-state index in [1.54, 1.807) is 6.07 Å². The normalized spacial score (nSPS) is 11.2. The molecule has 0 saturated heterocycles. The first-order valence-corrected chi connectivity index (χ1v) is 10.7. The molecule has 0 atom stereocenters. The molecule has 5 heteroatoms. The number of rotatable bonds is 5. The van der Waals surface area contributed by atoms with E-state index in [1.165, 1.54) is 10.8 Å². The van der Waals surface area contributed by atoms with E-state index in [0.717, 1.165) is 39.0 Å². The molecule has 0 aliphatic heterocycles. The van der Waals surface area contributed by atoms with Crippen LogP contribution in [0.2, 0.25) is 0 Å². The van der Waals surface area contributed by atoms with Crippen LogP contribution in [-0.4, -0.2) is 12.7 Å². The second-order valence-corrected chi connectivity index (χ2v) is 7.83. The number of hydrogen-bond acceptors (Lipinski definition) is 4. The molecule has 0 bridgehead atoms. The van der Waals surface area contributed by atoms with Gasteiger partial charge in [0.15, 0.2) is 0 Å². The van der Waals surface area contributed by atoms with Gasteiger partial charge in [-0.15, -0.1) is 0 Å². The van der Waals surface area contributed by atoms with E-state index in [-0.39, 0.29) is 0 Å². The van der Waals surface area contributed by atoms with Crippen LogP contribution in [0.1, 0.15) is 0 Å². The van der Waals surface area contributed by atoms with E-state index < -0.39 is 0 Å². The largest absolute Gasteiger partial charge is 0.569 e. The highest BCUT2D eigenvalue weighted by atomic mass is 16.5. The van der Waals surface area contributed by atoms with Crippen molar-refractivity contribution in [1.82, 2.24) is 0 Å². The van der Waals surface area contributed by atoms with Crippen LogP contribution in [0.5, 0.6) is 5.75 Å². The van der Waals surface area contributed by atoms with Gasteiger partial charge < -0.3 is 19.0 Å². The second kappa shape index (κ2) is 8.04. The zero-order valence-corrected chi connectivity index (χ0v) is 17.7. The Balaban J connectivity index is 1.56. The van der Waals surface area contributed by atoms with E-state index in [0.29, 0.717) is 13.4 Å². The number of furan rings is 1. The molecule has 0 spiro atoms. The molecule has 4 nitrogen and oxygen atoms in total. The average Bonchev–Trinajstić information content (AvgIpc) is 3.24. The fourth-order valence-corrected chi connectivity index (χ4v) is 4.46. The van der Waals surface area contributed by atoms with Crippen LogP contribution in [0.15, 0.2) is 114 Å². The summed E-state index contributed by atoms with van der Waals surface area (Å²) in [6.07, 6.45) is 0. The van der Waals surface area contributed by atoms with Crippen molar-refractivity contribution in [2.75, 3.05) is 4.90 Å². The monoisotopic (exact) mass is 428 g/mol. The van der Waals surface area contributed by atoms with Gasteiger partial charge in [-0.3, -0.25) is 0 Å². The summed E-state index contributed by atoms with van der Waals surface area (Å²) in [7, 11) is 0.691. The minimum Gasteiger partial charge on any atom is -0.537 e. The van der Waals surface area contributed by atoms with Crippen LogP contribution in [0, 0.1) is 0 Å². The first-order valence-electron chi connectivity index (χ1n) is 10.7. The molecule has 0 saturated carbocycles. The summed E-state index contributed by atoms with van der Waals surface area (Å²) in [5, 5.41) is 13.7. The third-order valence-electron chi connectivity index (χ3n) is 5.88. The second-order valence-electron chi connectivity index (χ2n) is 7.83. The highest BCUT2D eigenvalue weighted by Crippen LogP contribution is 2.40. The van der Waals surface area contributed by atoms with Crippen LogP contribution in [0.3, 0.4) is 0 Å². The number of hydrogen-bond donors (Lipinski definition) is 1. The molecule has 1 radical (unpaired) electrons. The maximum atomic E-state index is 9.07. The Morgan fingerprint density at radius 2 is 1.42 bits per heavy atom. The highest BCUT2D eigenvalue weighted by molar-refractivity contribution is 6.19. The van der Waals surface area contributed by atoms with Crippen molar-refractivity contribution in [1.29, 1.82) is 0 Å². The summed E-state index contributed by atoms with van der Waals surface area (Å²) >= 11 is 0. The molecule has 1 N–H and O–H groups in total. The summed E-state index contributed by atoms with van der Waals surface area (Å²) in [5.74, 6) is 0.548. The van der Waals surface area contributed by atoms with Gasteiger partial charge in [-0.2, -0.15) is 0 Å². The van der Waals surface area contributed by atoms with Gasteiger partial charge in [0.05, 0.1) is 0 Å². The highest BCUT2D eigenvalue weighted by Gasteiger charge is 2.16. The molecular weight excluding hydrogens is 409 g/mol. The lowest BCUT2D eigenvalue weighted by molar-refractivity contribution is 0.454.